The predicted molar refractivity (Wildman–Crippen MR) is 212 cm³/mol. The normalized spacial score (nSPS) is 14.0. The van der Waals surface area contributed by atoms with E-state index in [1.54, 1.807) is 5.56 Å². The maximum atomic E-state index is 2.41. The maximum Gasteiger partial charge on any atom is 0.0465 e. The summed E-state index contributed by atoms with van der Waals surface area (Å²) in [7, 11) is 0. The van der Waals surface area contributed by atoms with Crippen molar-refractivity contribution in [3.63, 3.8) is 0 Å². The summed E-state index contributed by atoms with van der Waals surface area (Å²) >= 11 is 0. The lowest BCUT2D eigenvalue weighted by atomic mass is 9.82. The Morgan fingerprint density at radius 1 is 0.400 bits per heavy atom. The van der Waals surface area contributed by atoms with Crippen molar-refractivity contribution < 1.29 is 0 Å². The van der Waals surface area contributed by atoms with Crippen molar-refractivity contribution in [1.29, 1.82) is 0 Å². The van der Waals surface area contributed by atoms with E-state index < -0.39 is 0 Å². The fourth-order valence-corrected chi connectivity index (χ4v) is 8.41. The van der Waals surface area contributed by atoms with E-state index in [0.29, 0.717) is 0 Å². The Labute approximate surface area is 296 Å². The van der Waals surface area contributed by atoms with Crippen LogP contribution in [0.4, 0.5) is 17.1 Å². The molecule has 0 amide bonds. The Morgan fingerprint density at radius 3 is 1.62 bits per heavy atom. The van der Waals surface area contributed by atoms with Crippen molar-refractivity contribution in [2.75, 3.05) is 4.90 Å². The van der Waals surface area contributed by atoms with Crippen molar-refractivity contribution in [2.24, 2.45) is 0 Å². The molecule has 0 saturated heterocycles. The highest BCUT2D eigenvalue weighted by Crippen LogP contribution is 2.50. The van der Waals surface area contributed by atoms with Crippen LogP contribution in [-0.4, -0.2) is 0 Å². The van der Waals surface area contributed by atoms with Gasteiger partial charge < -0.3 is 4.90 Å². The fourth-order valence-electron chi connectivity index (χ4n) is 8.41. The quantitative estimate of drug-likeness (QED) is 0.174. The second kappa shape index (κ2) is 12.3. The van der Waals surface area contributed by atoms with E-state index in [4.69, 9.17) is 0 Å². The maximum absolute atomic E-state index is 2.41. The first-order valence-corrected chi connectivity index (χ1v) is 18.1. The van der Waals surface area contributed by atoms with Crippen LogP contribution in [0.1, 0.15) is 48.9 Å². The second-order valence-electron chi connectivity index (χ2n) is 14.4. The molecular formula is C49H41N. The number of hydrogen-bond donors (Lipinski definition) is 0. The van der Waals surface area contributed by atoms with E-state index in [2.05, 4.69) is 183 Å². The molecule has 0 fully saturated rings. The van der Waals surface area contributed by atoms with Crippen LogP contribution < -0.4 is 4.90 Å². The van der Waals surface area contributed by atoms with E-state index >= 15 is 0 Å². The Hall–Kier alpha value is -5.66. The lowest BCUT2D eigenvalue weighted by Crippen LogP contribution is -2.16. The van der Waals surface area contributed by atoms with Gasteiger partial charge in [-0.05, 0) is 129 Å². The van der Waals surface area contributed by atoms with Crippen molar-refractivity contribution in [3.05, 3.63) is 186 Å². The van der Waals surface area contributed by atoms with E-state index in [-0.39, 0.29) is 5.41 Å². The zero-order valence-corrected chi connectivity index (χ0v) is 28.9. The summed E-state index contributed by atoms with van der Waals surface area (Å²) < 4.78 is 0. The van der Waals surface area contributed by atoms with Crippen molar-refractivity contribution >= 4 is 17.1 Å². The van der Waals surface area contributed by atoms with Crippen LogP contribution in [0, 0.1) is 0 Å². The van der Waals surface area contributed by atoms with Crippen LogP contribution >= 0.6 is 0 Å². The molecule has 0 aliphatic heterocycles. The number of benzene rings is 7. The topological polar surface area (TPSA) is 3.24 Å². The molecule has 0 unspecified atom stereocenters. The minimum absolute atomic E-state index is 0.0696. The van der Waals surface area contributed by atoms with E-state index in [1.165, 1.54) is 92.6 Å². The van der Waals surface area contributed by atoms with E-state index in [9.17, 15) is 0 Å². The Kier molecular flexibility index (Phi) is 7.50. The SMILES string of the molecule is CC1(C)c2ccccc2-c2ccc(N(c3ccc(-c4ccccc4)cc3)c3ccc(-c4ccc(-c5cccc6c5CCCC6)cc4)cc3)cc21. The summed E-state index contributed by atoms with van der Waals surface area (Å²) in [5, 5.41) is 0. The highest BCUT2D eigenvalue weighted by Gasteiger charge is 2.35. The van der Waals surface area contributed by atoms with Crippen molar-refractivity contribution in [1.82, 2.24) is 0 Å². The number of rotatable bonds is 6. The van der Waals surface area contributed by atoms with Crippen LogP contribution in [0.15, 0.2) is 164 Å². The molecule has 1 nitrogen and oxygen atoms in total. The van der Waals surface area contributed by atoms with Gasteiger partial charge in [-0.15, -0.1) is 0 Å². The molecule has 0 atom stereocenters. The van der Waals surface area contributed by atoms with Crippen molar-refractivity contribution in [3.8, 4) is 44.5 Å². The van der Waals surface area contributed by atoms with E-state index in [0.717, 1.165) is 11.4 Å². The van der Waals surface area contributed by atoms with Gasteiger partial charge in [-0.1, -0.05) is 141 Å². The number of nitrogens with zero attached hydrogens (tertiary/aromatic N) is 1. The first kappa shape index (κ1) is 30.4. The zero-order chi connectivity index (χ0) is 33.7. The molecule has 7 aromatic rings. The Morgan fingerprint density at radius 2 is 0.920 bits per heavy atom. The zero-order valence-electron chi connectivity index (χ0n) is 28.9. The number of hydrogen-bond acceptors (Lipinski definition) is 1. The van der Waals surface area contributed by atoms with Gasteiger partial charge in [0.05, 0.1) is 0 Å². The molecule has 0 N–H and O–H groups in total. The van der Waals surface area contributed by atoms with Gasteiger partial charge in [-0.25, -0.2) is 0 Å². The molecule has 0 spiro atoms. The van der Waals surface area contributed by atoms with Gasteiger partial charge >= 0.3 is 0 Å². The molecule has 2 aliphatic carbocycles. The van der Waals surface area contributed by atoms with Crippen LogP contribution in [0.5, 0.6) is 0 Å². The van der Waals surface area contributed by atoms with Gasteiger partial charge in [-0.3, -0.25) is 0 Å². The molecular weight excluding hydrogens is 603 g/mol. The van der Waals surface area contributed by atoms with Gasteiger partial charge in [0.1, 0.15) is 0 Å². The van der Waals surface area contributed by atoms with E-state index in [1.807, 2.05) is 0 Å². The predicted octanol–water partition coefficient (Wildman–Crippen LogP) is 13.3. The van der Waals surface area contributed by atoms with Crippen LogP contribution in [0.2, 0.25) is 0 Å². The lowest BCUT2D eigenvalue weighted by molar-refractivity contribution is 0.660. The molecule has 9 rings (SSSR count). The minimum Gasteiger partial charge on any atom is -0.310 e. The molecule has 0 radical (unpaired) electrons. The van der Waals surface area contributed by atoms with Crippen molar-refractivity contribution in [2.45, 2.75) is 44.9 Å². The number of anilines is 3. The third kappa shape index (κ3) is 5.26. The third-order valence-electron chi connectivity index (χ3n) is 11.1. The molecule has 0 bridgehead atoms. The molecule has 50 heavy (non-hydrogen) atoms. The summed E-state index contributed by atoms with van der Waals surface area (Å²) in [5.74, 6) is 0. The largest absolute Gasteiger partial charge is 0.310 e. The summed E-state index contributed by atoms with van der Waals surface area (Å²) in [6.07, 6.45) is 4.99. The second-order valence-corrected chi connectivity index (χ2v) is 14.4. The number of aryl methyl sites for hydroxylation is 1. The minimum atomic E-state index is -0.0696. The van der Waals surface area contributed by atoms with Crippen LogP contribution in [0.3, 0.4) is 0 Å². The fraction of sp³-hybridized carbons (Fsp3) is 0.143. The summed E-state index contributed by atoms with van der Waals surface area (Å²) in [4.78, 5) is 2.40. The van der Waals surface area contributed by atoms with Gasteiger partial charge in [0.15, 0.2) is 0 Å². The van der Waals surface area contributed by atoms with Gasteiger partial charge in [0, 0.05) is 22.5 Å². The van der Waals surface area contributed by atoms with Gasteiger partial charge in [-0.2, -0.15) is 0 Å². The summed E-state index contributed by atoms with van der Waals surface area (Å²) in [6.45, 7) is 4.71. The Bertz CT molecular complexity index is 2310. The highest BCUT2D eigenvalue weighted by atomic mass is 15.1. The Balaban J connectivity index is 1.08. The molecule has 0 saturated carbocycles. The molecule has 0 aromatic heterocycles. The average molecular weight is 644 g/mol. The third-order valence-corrected chi connectivity index (χ3v) is 11.1. The molecule has 242 valence electrons. The number of fused-ring (bicyclic) bond motifs is 4. The summed E-state index contributed by atoms with van der Waals surface area (Å²) in [6, 6.07) is 60.6. The first-order chi connectivity index (χ1) is 24.5. The molecule has 2 aliphatic rings. The van der Waals surface area contributed by atoms with Gasteiger partial charge in [0.2, 0.25) is 0 Å². The monoisotopic (exact) mass is 643 g/mol. The lowest BCUT2D eigenvalue weighted by Gasteiger charge is -2.28. The molecule has 1 heteroatoms. The summed E-state index contributed by atoms with van der Waals surface area (Å²) in [5.41, 5.74) is 19.5. The average Bonchev–Trinajstić information content (AvgIpc) is 3.41. The smallest absolute Gasteiger partial charge is 0.0465 e. The van der Waals surface area contributed by atoms with Crippen LogP contribution in [0.25, 0.3) is 44.5 Å². The first-order valence-electron chi connectivity index (χ1n) is 18.1. The van der Waals surface area contributed by atoms with Gasteiger partial charge in [0.25, 0.3) is 0 Å². The molecule has 7 aromatic carbocycles. The molecule has 0 heterocycles. The standard InChI is InChI=1S/C49H41N/c1-49(2)47-18-9-8-16-45(47)46-32-31-42(33-48(46)49)50(40-27-23-36(24-28-40)34-11-4-3-5-12-34)41-29-25-37(26-30-41)35-19-21-39(22-20-35)44-17-10-14-38-13-6-7-15-43(38)44/h3-5,8-12,14,16-33H,6-7,13,15H2,1-2H3. The highest BCUT2D eigenvalue weighted by molar-refractivity contribution is 5.86. The van der Waals surface area contributed by atoms with Crippen LogP contribution in [-0.2, 0) is 18.3 Å².